The predicted molar refractivity (Wildman–Crippen MR) is 55.1 cm³/mol. The number of hydrogen-bond donors (Lipinski definition) is 1. The fraction of sp³-hybridized carbons (Fsp3) is 0.455. The van der Waals surface area contributed by atoms with E-state index in [0.29, 0.717) is 6.42 Å². The topological polar surface area (TPSA) is 38.7 Å². The maximum absolute atomic E-state index is 8.90. The van der Waals surface area contributed by atoms with Gasteiger partial charge < -0.3 is 14.6 Å². The maximum atomic E-state index is 8.90. The summed E-state index contributed by atoms with van der Waals surface area (Å²) in [6.07, 6.45) is 0.610. The molecule has 0 saturated carbocycles. The highest BCUT2D eigenvalue weighted by Gasteiger charge is 2.08. The lowest BCUT2D eigenvalue weighted by atomic mass is 10.0. The first-order valence-electron chi connectivity index (χ1n) is 4.55. The Labute approximate surface area is 84.3 Å². The van der Waals surface area contributed by atoms with Crippen molar-refractivity contribution in [2.45, 2.75) is 13.3 Å². The van der Waals surface area contributed by atoms with Gasteiger partial charge in [-0.2, -0.15) is 0 Å². The number of aliphatic hydroxyl groups excluding tert-OH is 1. The molecule has 0 radical (unpaired) electrons. The first-order valence-corrected chi connectivity index (χ1v) is 4.55. The van der Waals surface area contributed by atoms with Crippen molar-refractivity contribution in [2.24, 2.45) is 0 Å². The third kappa shape index (κ3) is 2.17. The molecule has 0 heterocycles. The van der Waals surface area contributed by atoms with Crippen LogP contribution in [0.4, 0.5) is 0 Å². The zero-order chi connectivity index (χ0) is 10.6. The Kier molecular flexibility index (Phi) is 3.77. The molecule has 3 heteroatoms. The van der Waals surface area contributed by atoms with Crippen LogP contribution in [-0.4, -0.2) is 25.9 Å². The molecular weight excluding hydrogens is 180 g/mol. The number of aliphatic hydroxyl groups is 1. The summed E-state index contributed by atoms with van der Waals surface area (Å²) in [7, 11) is 3.25. The molecule has 3 nitrogen and oxygen atoms in total. The third-order valence-electron chi connectivity index (χ3n) is 2.22. The number of benzene rings is 1. The quantitative estimate of drug-likeness (QED) is 0.794. The van der Waals surface area contributed by atoms with Gasteiger partial charge in [0.25, 0.3) is 0 Å². The van der Waals surface area contributed by atoms with Crippen molar-refractivity contribution in [1.82, 2.24) is 0 Å². The molecule has 0 aliphatic rings. The minimum Gasteiger partial charge on any atom is -0.497 e. The van der Waals surface area contributed by atoms with Gasteiger partial charge in [0.05, 0.1) is 14.2 Å². The van der Waals surface area contributed by atoms with Gasteiger partial charge in [-0.1, -0.05) is 0 Å². The molecule has 0 unspecified atom stereocenters. The lowest BCUT2D eigenvalue weighted by Gasteiger charge is -2.12. The third-order valence-corrected chi connectivity index (χ3v) is 2.22. The standard InChI is InChI=1S/C11H16O3/c1-8-6-9(13-2)7-11(14-3)10(8)4-5-12/h6-7,12H,4-5H2,1-3H3. The lowest BCUT2D eigenvalue weighted by Crippen LogP contribution is -1.99. The molecule has 0 aliphatic heterocycles. The van der Waals surface area contributed by atoms with Crippen LogP contribution in [0, 0.1) is 6.92 Å². The Morgan fingerprint density at radius 2 is 1.93 bits per heavy atom. The highest BCUT2D eigenvalue weighted by molar-refractivity contribution is 5.46. The van der Waals surface area contributed by atoms with Crippen LogP contribution in [0.15, 0.2) is 12.1 Å². The molecule has 78 valence electrons. The maximum Gasteiger partial charge on any atom is 0.126 e. The summed E-state index contributed by atoms with van der Waals surface area (Å²) in [6, 6.07) is 3.77. The number of hydrogen-bond acceptors (Lipinski definition) is 3. The molecule has 0 amide bonds. The molecular formula is C11H16O3. The van der Waals surface area contributed by atoms with Gasteiger partial charge in [-0.05, 0) is 30.5 Å². The van der Waals surface area contributed by atoms with Crippen LogP contribution in [-0.2, 0) is 6.42 Å². The Morgan fingerprint density at radius 3 is 2.43 bits per heavy atom. The Morgan fingerprint density at radius 1 is 1.21 bits per heavy atom. The summed E-state index contributed by atoms with van der Waals surface area (Å²) in [4.78, 5) is 0. The van der Waals surface area contributed by atoms with Crippen molar-refractivity contribution >= 4 is 0 Å². The van der Waals surface area contributed by atoms with E-state index < -0.39 is 0 Å². The van der Waals surface area contributed by atoms with Crippen LogP contribution in [0.3, 0.4) is 0 Å². The summed E-state index contributed by atoms with van der Waals surface area (Å²) in [5, 5.41) is 8.90. The Hall–Kier alpha value is -1.22. The Balaban J connectivity index is 3.13. The molecule has 0 fully saturated rings. The normalized spacial score (nSPS) is 10.0. The SMILES string of the molecule is COc1cc(C)c(CCO)c(OC)c1. The van der Waals surface area contributed by atoms with Crippen LogP contribution < -0.4 is 9.47 Å². The monoisotopic (exact) mass is 196 g/mol. The number of rotatable bonds is 4. The van der Waals surface area contributed by atoms with E-state index in [4.69, 9.17) is 14.6 Å². The van der Waals surface area contributed by atoms with Crippen LogP contribution in [0.25, 0.3) is 0 Å². The van der Waals surface area contributed by atoms with Crippen LogP contribution in [0.5, 0.6) is 11.5 Å². The second-order valence-corrected chi connectivity index (χ2v) is 3.10. The van der Waals surface area contributed by atoms with E-state index in [2.05, 4.69) is 0 Å². The largest absolute Gasteiger partial charge is 0.497 e. The summed E-state index contributed by atoms with van der Waals surface area (Å²) >= 11 is 0. The second kappa shape index (κ2) is 4.86. The van der Waals surface area contributed by atoms with E-state index >= 15 is 0 Å². The first kappa shape index (κ1) is 10.9. The van der Waals surface area contributed by atoms with E-state index in [-0.39, 0.29) is 6.61 Å². The zero-order valence-corrected chi connectivity index (χ0v) is 8.83. The van der Waals surface area contributed by atoms with Crippen molar-refractivity contribution in [2.75, 3.05) is 20.8 Å². The number of aryl methyl sites for hydroxylation is 1. The van der Waals surface area contributed by atoms with Crippen molar-refractivity contribution in [3.8, 4) is 11.5 Å². The molecule has 0 aliphatic carbocycles. The molecule has 0 atom stereocenters. The molecule has 1 N–H and O–H groups in total. The van der Waals surface area contributed by atoms with E-state index in [9.17, 15) is 0 Å². The van der Waals surface area contributed by atoms with Gasteiger partial charge >= 0.3 is 0 Å². The first-order chi connectivity index (χ1) is 6.72. The van der Waals surface area contributed by atoms with E-state index in [1.807, 2.05) is 19.1 Å². The lowest BCUT2D eigenvalue weighted by molar-refractivity contribution is 0.296. The van der Waals surface area contributed by atoms with E-state index in [1.165, 1.54) is 0 Å². The van der Waals surface area contributed by atoms with Crippen molar-refractivity contribution < 1.29 is 14.6 Å². The summed E-state index contributed by atoms with van der Waals surface area (Å²) < 4.78 is 10.4. The van der Waals surface area contributed by atoms with Gasteiger partial charge in [0.2, 0.25) is 0 Å². The molecule has 14 heavy (non-hydrogen) atoms. The molecule has 0 spiro atoms. The van der Waals surface area contributed by atoms with Crippen molar-refractivity contribution in [3.05, 3.63) is 23.3 Å². The predicted octanol–water partition coefficient (Wildman–Crippen LogP) is 1.55. The Bertz CT molecular complexity index is 308. The average molecular weight is 196 g/mol. The second-order valence-electron chi connectivity index (χ2n) is 3.10. The molecule has 0 saturated heterocycles. The summed E-state index contributed by atoms with van der Waals surface area (Å²) in [6.45, 7) is 2.11. The van der Waals surface area contributed by atoms with Crippen LogP contribution in [0.1, 0.15) is 11.1 Å². The van der Waals surface area contributed by atoms with Gasteiger partial charge in [0.15, 0.2) is 0 Å². The van der Waals surface area contributed by atoms with Crippen LogP contribution >= 0.6 is 0 Å². The molecule has 1 aromatic carbocycles. The van der Waals surface area contributed by atoms with Crippen molar-refractivity contribution in [1.29, 1.82) is 0 Å². The molecule has 1 rings (SSSR count). The fourth-order valence-electron chi connectivity index (χ4n) is 1.48. The van der Waals surface area contributed by atoms with Gasteiger partial charge in [-0.3, -0.25) is 0 Å². The number of methoxy groups -OCH3 is 2. The highest BCUT2D eigenvalue weighted by Crippen LogP contribution is 2.28. The minimum atomic E-state index is 0.129. The molecule has 1 aromatic rings. The molecule has 0 bridgehead atoms. The summed E-state index contributed by atoms with van der Waals surface area (Å²) in [5.41, 5.74) is 2.12. The highest BCUT2D eigenvalue weighted by atomic mass is 16.5. The summed E-state index contributed by atoms with van der Waals surface area (Å²) in [5.74, 6) is 1.55. The van der Waals surface area contributed by atoms with Gasteiger partial charge in [0, 0.05) is 12.7 Å². The van der Waals surface area contributed by atoms with Crippen LogP contribution in [0.2, 0.25) is 0 Å². The van der Waals surface area contributed by atoms with E-state index in [0.717, 1.165) is 22.6 Å². The van der Waals surface area contributed by atoms with Gasteiger partial charge in [-0.25, -0.2) is 0 Å². The smallest absolute Gasteiger partial charge is 0.126 e. The molecule has 0 aromatic heterocycles. The van der Waals surface area contributed by atoms with Gasteiger partial charge in [-0.15, -0.1) is 0 Å². The zero-order valence-electron chi connectivity index (χ0n) is 8.83. The average Bonchev–Trinajstić information content (AvgIpc) is 2.20. The van der Waals surface area contributed by atoms with Crippen molar-refractivity contribution in [3.63, 3.8) is 0 Å². The van der Waals surface area contributed by atoms with Gasteiger partial charge in [0.1, 0.15) is 11.5 Å². The number of ether oxygens (including phenoxy) is 2. The van der Waals surface area contributed by atoms with E-state index in [1.54, 1.807) is 14.2 Å². The fourth-order valence-corrected chi connectivity index (χ4v) is 1.48. The minimum absolute atomic E-state index is 0.129.